The summed E-state index contributed by atoms with van der Waals surface area (Å²) in [5.74, 6) is -0.264. The summed E-state index contributed by atoms with van der Waals surface area (Å²) in [6.45, 7) is 1.04. The maximum absolute atomic E-state index is 14.0. The Hall–Kier alpha value is -5.12. The maximum atomic E-state index is 14.0. The number of amides is 1. The number of sulfonamides is 1. The minimum atomic E-state index is -3.66. The predicted molar refractivity (Wildman–Crippen MR) is 176 cm³/mol. The van der Waals surface area contributed by atoms with E-state index in [1.807, 2.05) is 109 Å². The van der Waals surface area contributed by atoms with Gasteiger partial charge in [-0.2, -0.15) is 19.5 Å². The monoisotopic (exact) mass is 613 g/mol. The third kappa shape index (κ3) is 5.63. The highest BCUT2D eigenvalue weighted by Crippen LogP contribution is 2.32. The first-order chi connectivity index (χ1) is 22.0. The number of benzene rings is 4. The number of nitrogens with zero attached hydrogens (tertiary/aromatic N) is 5. The van der Waals surface area contributed by atoms with E-state index in [0.29, 0.717) is 46.9 Å². The average Bonchev–Trinajstić information content (AvgIpc) is 3.67. The Morgan fingerprint density at radius 2 is 1.31 bits per heavy atom. The van der Waals surface area contributed by atoms with E-state index in [9.17, 15) is 13.2 Å². The molecule has 0 bridgehead atoms. The zero-order valence-electron chi connectivity index (χ0n) is 24.5. The Bertz CT molecular complexity index is 2020. The molecule has 3 heterocycles. The van der Waals surface area contributed by atoms with Crippen LogP contribution >= 0.6 is 0 Å². The molecule has 0 radical (unpaired) electrons. The minimum absolute atomic E-state index is 0.230. The molecule has 9 heteroatoms. The van der Waals surface area contributed by atoms with Gasteiger partial charge in [-0.3, -0.25) is 4.79 Å². The Balaban J connectivity index is 1.37. The first-order valence-electron chi connectivity index (χ1n) is 15.0. The van der Waals surface area contributed by atoms with Crippen LogP contribution in [0.2, 0.25) is 0 Å². The fraction of sp³-hybridized carbons (Fsp3) is 0.139. The summed E-state index contributed by atoms with van der Waals surface area (Å²) >= 11 is 0. The molecule has 1 fully saturated rings. The third-order valence-electron chi connectivity index (χ3n) is 8.05. The summed E-state index contributed by atoms with van der Waals surface area (Å²) in [6, 6.07) is 35.5. The van der Waals surface area contributed by atoms with Gasteiger partial charge in [-0.1, -0.05) is 85.3 Å². The van der Waals surface area contributed by atoms with Crippen LogP contribution in [-0.2, 0) is 14.8 Å². The number of hydrogen-bond donors (Lipinski definition) is 0. The number of carbonyl (C=O) groups is 1. The van der Waals surface area contributed by atoms with Crippen molar-refractivity contribution in [1.29, 1.82) is 0 Å². The average molecular weight is 614 g/mol. The highest BCUT2D eigenvalue weighted by atomic mass is 32.2. The summed E-state index contributed by atoms with van der Waals surface area (Å²) in [4.78, 5) is 14.2. The Morgan fingerprint density at radius 3 is 2.00 bits per heavy atom. The molecular weight excluding hydrogens is 582 g/mol. The summed E-state index contributed by atoms with van der Waals surface area (Å²) in [5.41, 5.74) is 5.12. The van der Waals surface area contributed by atoms with Gasteiger partial charge < -0.3 is 0 Å². The van der Waals surface area contributed by atoms with Crippen LogP contribution in [-0.4, -0.2) is 47.2 Å². The van der Waals surface area contributed by atoms with Crippen LogP contribution in [0.25, 0.3) is 23.0 Å². The lowest BCUT2D eigenvalue weighted by Crippen LogP contribution is -2.35. The van der Waals surface area contributed by atoms with Crippen molar-refractivity contribution in [2.75, 3.05) is 18.1 Å². The second-order valence-corrected chi connectivity index (χ2v) is 13.0. The molecule has 2 aliphatic heterocycles. The lowest BCUT2D eigenvalue weighted by Gasteiger charge is -2.26. The molecule has 1 amide bonds. The van der Waals surface area contributed by atoms with Crippen LogP contribution in [0.15, 0.2) is 137 Å². The quantitative estimate of drug-likeness (QED) is 0.195. The molecule has 0 spiro atoms. The first kappa shape index (κ1) is 28.6. The van der Waals surface area contributed by atoms with Gasteiger partial charge in [0.2, 0.25) is 10.0 Å². The highest BCUT2D eigenvalue weighted by molar-refractivity contribution is 7.89. The normalized spacial score (nSPS) is 16.7. The number of piperidine rings is 1. The van der Waals surface area contributed by atoms with Gasteiger partial charge in [0.15, 0.2) is 0 Å². The molecule has 0 saturated carbocycles. The Labute approximate surface area is 262 Å². The molecule has 8 nitrogen and oxygen atoms in total. The Morgan fingerprint density at radius 1 is 0.689 bits per heavy atom. The van der Waals surface area contributed by atoms with E-state index in [1.165, 1.54) is 5.01 Å². The van der Waals surface area contributed by atoms with E-state index in [2.05, 4.69) is 0 Å². The van der Waals surface area contributed by atoms with Crippen molar-refractivity contribution < 1.29 is 13.2 Å². The molecule has 45 heavy (non-hydrogen) atoms. The smallest absolute Gasteiger partial charge is 0.267 e. The lowest BCUT2D eigenvalue weighted by atomic mass is 9.99. The van der Waals surface area contributed by atoms with E-state index >= 15 is 0 Å². The maximum Gasteiger partial charge on any atom is 0.281 e. The fourth-order valence-corrected chi connectivity index (χ4v) is 7.31. The van der Waals surface area contributed by atoms with Gasteiger partial charge in [-0.25, -0.2) is 13.1 Å². The topological polar surface area (TPSA) is 87.9 Å². The SMILES string of the molecule is O=C1C(=Cc2cn(-c3ccccc3)nc2-c2cccc(S(=O)(=O)N3CCCCC3)c2)C(c2ccccc2)=NN1c1ccccc1. The number of rotatable bonds is 7. The molecule has 224 valence electrons. The van der Waals surface area contributed by atoms with Gasteiger partial charge in [-0.05, 0) is 55.3 Å². The molecule has 0 N–H and O–H groups in total. The minimum Gasteiger partial charge on any atom is -0.267 e. The molecule has 1 aromatic heterocycles. The molecule has 5 aromatic rings. The zero-order valence-corrected chi connectivity index (χ0v) is 25.3. The predicted octanol–water partition coefficient (Wildman–Crippen LogP) is 6.55. The van der Waals surface area contributed by atoms with Gasteiger partial charge in [0, 0.05) is 36.0 Å². The van der Waals surface area contributed by atoms with E-state index in [-0.39, 0.29) is 10.8 Å². The number of para-hydroxylation sites is 2. The van der Waals surface area contributed by atoms with Gasteiger partial charge in [0.05, 0.1) is 21.8 Å². The van der Waals surface area contributed by atoms with Crippen LogP contribution in [0.5, 0.6) is 0 Å². The molecule has 0 atom stereocenters. The molecule has 7 rings (SSSR count). The first-order valence-corrected chi connectivity index (χ1v) is 16.4. The summed E-state index contributed by atoms with van der Waals surface area (Å²) in [5, 5.41) is 11.1. The number of anilines is 1. The molecule has 1 saturated heterocycles. The summed E-state index contributed by atoms with van der Waals surface area (Å²) in [7, 11) is -3.66. The van der Waals surface area contributed by atoms with Crippen molar-refractivity contribution in [2.24, 2.45) is 5.10 Å². The van der Waals surface area contributed by atoms with Crippen molar-refractivity contribution in [3.8, 4) is 16.9 Å². The third-order valence-corrected chi connectivity index (χ3v) is 9.94. The van der Waals surface area contributed by atoms with Crippen molar-refractivity contribution in [3.05, 3.63) is 138 Å². The zero-order chi connectivity index (χ0) is 30.8. The van der Waals surface area contributed by atoms with E-state index in [4.69, 9.17) is 10.2 Å². The van der Waals surface area contributed by atoms with Crippen LogP contribution in [0.1, 0.15) is 30.4 Å². The Kier molecular flexibility index (Phi) is 7.71. The number of aromatic nitrogens is 2. The number of hydrogen-bond acceptors (Lipinski definition) is 5. The molecule has 2 aliphatic rings. The van der Waals surface area contributed by atoms with Crippen molar-refractivity contribution in [1.82, 2.24) is 14.1 Å². The van der Waals surface area contributed by atoms with Gasteiger partial charge >= 0.3 is 0 Å². The van der Waals surface area contributed by atoms with E-state index in [1.54, 1.807) is 27.2 Å². The van der Waals surface area contributed by atoms with Gasteiger partial charge in [-0.15, -0.1) is 0 Å². The van der Waals surface area contributed by atoms with Crippen molar-refractivity contribution >= 4 is 33.4 Å². The van der Waals surface area contributed by atoms with Crippen LogP contribution in [0.4, 0.5) is 5.69 Å². The number of carbonyl (C=O) groups excluding carboxylic acids is 1. The molecule has 0 aliphatic carbocycles. The summed E-state index contributed by atoms with van der Waals surface area (Å²) < 4.78 is 30.5. The second-order valence-electron chi connectivity index (χ2n) is 11.0. The number of hydrazone groups is 1. The van der Waals surface area contributed by atoms with Crippen molar-refractivity contribution in [3.63, 3.8) is 0 Å². The second kappa shape index (κ2) is 12.1. The largest absolute Gasteiger partial charge is 0.281 e. The van der Waals surface area contributed by atoms with Gasteiger partial charge in [0.1, 0.15) is 11.4 Å². The fourth-order valence-electron chi connectivity index (χ4n) is 5.74. The molecule has 0 unspecified atom stereocenters. The highest BCUT2D eigenvalue weighted by Gasteiger charge is 2.33. The molecular formula is C36H31N5O3S. The van der Waals surface area contributed by atoms with Crippen LogP contribution < -0.4 is 5.01 Å². The van der Waals surface area contributed by atoms with E-state index < -0.39 is 10.0 Å². The lowest BCUT2D eigenvalue weighted by molar-refractivity contribution is -0.114. The van der Waals surface area contributed by atoms with E-state index in [0.717, 1.165) is 30.5 Å². The summed E-state index contributed by atoms with van der Waals surface area (Å²) in [6.07, 6.45) is 6.43. The van der Waals surface area contributed by atoms with Crippen molar-refractivity contribution in [2.45, 2.75) is 24.2 Å². The van der Waals surface area contributed by atoms with Crippen LogP contribution in [0, 0.1) is 0 Å². The van der Waals surface area contributed by atoms with Gasteiger partial charge in [0.25, 0.3) is 5.91 Å². The molecule has 4 aromatic carbocycles. The van der Waals surface area contributed by atoms with Crippen LogP contribution in [0.3, 0.4) is 0 Å². The standard InChI is InChI=1S/C36H31N5O3S/c42-36-33(35(27-14-5-1-6-15-27)38-41(36)31-19-9-3-10-20-31)25-29-26-40(30-17-7-2-8-18-30)37-34(29)28-16-13-21-32(24-28)45(43,44)39-22-11-4-12-23-39/h1-3,5-10,13-21,24-26H,4,11-12,22-23H2.